The second kappa shape index (κ2) is 11.8. The van der Waals surface area contributed by atoms with Crippen LogP contribution < -0.4 is 19.6 Å². The molecule has 40 heavy (non-hydrogen) atoms. The van der Waals surface area contributed by atoms with Crippen molar-refractivity contribution in [2.45, 2.75) is 0 Å². The second-order valence-electron chi connectivity index (χ2n) is 8.62. The fourth-order valence-electron chi connectivity index (χ4n) is 4.19. The zero-order chi connectivity index (χ0) is 28.1. The first-order chi connectivity index (χ1) is 19.5. The average molecular weight is 554 g/mol. The van der Waals surface area contributed by atoms with E-state index in [2.05, 4.69) is 15.5 Å². The molecule has 9 heteroatoms. The van der Waals surface area contributed by atoms with E-state index < -0.39 is 11.9 Å². The van der Waals surface area contributed by atoms with E-state index in [1.54, 1.807) is 74.9 Å². The summed E-state index contributed by atoms with van der Waals surface area (Å²) in [4.78, 5) is 29.2. The molecule has 5 rings (SSSR count). The molecule has 200 valence electrons. The molecule has 0 saturated carbocycles. The van der Waals surface area contributed by atoms with Crippen LogP contribution in [0.15, 0.2) is 96.1 Å². The Morgan fingerprint density at radius 3 is 2.33 bits per heavy atom. The van der Waals surface area contributed by atoms with Gasteiger partial charge >= 0.3 is 5.97 Å². The van der Waals surface area contributed by atoms with Crippen molar-refractivity contribution in [2.24, 2.45) is 5.10 Å². The number of H-pyrrole nitrogens is 1. The lowest BCUT2D eigenvalue weighted by atomic mass is 10.0. The van der Waals surface area contributed by atoms with Crippen molar-refractivity contribution < 1.29 is 23.8 Å². The van der Waals surface area contributed by atoms with E-state index in [4.69, 9.17) is 25.8 Å². The van der Waals surface area contributed by atoms with E-state index in [0.717, 1.165) is 10.9 Å². The Morgan fingerprint density at radius 2 is 1.57 bits per heavy atom. The summed E-state index contributed by atoms with van der Waals surface area (Å²) in [5.41, 5.74) is 5.76. The van der Waals surface area contributed by atoms with Crippen molar-refractivity contribution in [3.8, 4) is 28.4 Å². The molecular formula is C31H24ClN3O5. The maximum atomic E-state index is 13.3. The molecule has 2 N–H and O–H groups in total. The number of fused-ring (bicyclic) bond motifs is 1. The summed E-state index contributed by atoms with van der Waals surface area (Å²) in [5, 5.41) is 5.40. The van der Waals surface area contributed by atoms with Gasteiger partial charge in [-0.2, -0.15) is 5.10 Å². The molecule has 5 aromatic rings. The van der Waals surface area contributed by atoms with Gasteiger partial charge in [0.15, 0.2) is 0 Å². The van der Waals surface area contributed by atoms with Gasteiger partial charge in [-0.3, -0.25) is 4.79 Å². The zero-order valence-electron chi connectivity index (χ0n) is 21.6. The highest BCUT2D eigenvalue weighted by atomic mass is 35.5. The molecule has 0 atom stereocenters. The maximum absolute atomic E-state index is 13.3. The van der Waals surface area contributed by atoms with Crippen LogP contribution >= 0.6 is 11.6 Å². The van der Waals surface area contributed by atoms with Gasteiger partial charge in [0.25, 0.3) is 5.91 Å². The number of ether oxygens (including phenoxy) is 3. The van der Waals surface area contributed by atoms with Crippen molar-refractivity contribution in [3.63, 3.8) is 0 Å². The molecule has 0 aliphatic heterocycles. The number of benzene rings is 4. The number of hydrogen-bond acceptors (Lipinski definition) is 6. The molecule has 0 spiro atoms. The van der Waals surface area contributed by atoms with Gasteiger partial charge in [-0.25, -0.2) is 10.2 Å². The van der Waals surface area contributed by atoms with Gasteiger partial charge in [0.05, 0.1) is 26.0 Å². The van der Waals surface area contributed by atoms with Crippen molar-refractivity contribution in [1.29, 1.82) is 0 Å². The molecule has 0 aliphatic rings. The molecule has 0 saturated heterocycles. The highest BCUT2D eigenvalue weighted by Crippen LogP contribution is 2.38. The van der Waals surface area contributed by atoms with Crippen LogP contribution in [0.2, 0.25) is 5.02 Å². The number of para-hydroxylation sites is 1. The minimum Gasteiger partial charge on any atom is -0.497 e. The number of aromatic nitrogens is 1. The first-order valence-electron chi connectivity index (χ1n) is 12.2. The van der Waals surface area contributed by atoms with Gasteiger partial charge < -0.3 is 19.2 Å². The van der Waals surface area contributed by atoms with Crippen molar-refractivity contribution in [1.82, 2.24) is 10.4 Å². The van der Waals surface area contributed by atoms with Crippen LogP contribution in [-0.2, 0) is 0 Å². The summed E-state index contributed by atoms with van der Waals surface area (Å²) >= 11 is 6.51. The molecule has 0 unspecified atom stereocenters. The van der Waals surface area contributed by atoms with Gasteiger partial charge in [0, 0.05) is 32.6 Å². The van der Waals surface area contributed by atoms with Gasteiger partial charge in [0.1, 0.15) is 22.9 Å². The lowest BCUT2D eigenvalue weighted by Crippen LogP contribution is -2.19. The first kappa shape index (κ1) is 26.5. The Labute approximate surface area is 235 Å². The number of carbonyl (C=O) groups is 2. The van der Waals surface area contributed by atoms with Crippen LogP contribution in [0, 0.1) is 0 Å². The summed E-state index contributed by atoms with van der Waals surface area (Å²) in [7, 11) is 3.13. The predicted octanol–water partition coefficient (Wildman–Crippen LogP) is 6.49. The molecule has 4 aromatic carbocycles. The SMILES string of the molecule is COc1ccc(C(=O)Oc2ccccc2C=NNC(=O)c2[nH]c3ccc(OC)cc3c2-c2ccccc2Cl)cc1. The van der Waals surface area contributed by atoms with Crippen molar-refractivity contribution in [2.75, 3.05) is 14.2 Å². The third kappa shape index (κ3) is 5.52. The smallest absolute Gasteiger partial charge is 0.343 e. The zero-order valence-corrected chi connectivity index (χ0v) is 22.4. The third-order valence-electron chi connectivity index (χ3n) is 6.19. The number of carbonyl (C=O) groups excluding carboxylic acids is 2. The van der Waals surface area contributed by atoms with Crippen LogP contribution in [-0.4, -0.2) is 37.3 Å². The molecule has 1 heterocycles. The lowest BCUT2D eigenvalue weighted by molar-refractivity contribution is 0.0734. The first-order valence-corrected chi connectivity index (χ1v) is 12.6. The maximum Gasteiger partial charge on any atom is 0.343 e. The summed E-state index contributed by atoms with van der Waals surface area (Å²) in [6.45, 7) is 0. The predicted molar refractivity (Wildman–Crippen MR) is 155 cm³/mol. The summed E-state index contributed by atoms with van der Waals surface area (Å²) in [5.74, 6) is 0.549. The Kier molecular flexibility index (Phi) is 7.80. The second-order valence-corrected chi connectivity index (χ2v) is 9.03. The third-order valence-corrected chi connectivity index (χ3v) is 6.52. The molecule has 8 nitrogen and oxygen atoms in total. The monoisotopic (exact) mass is 553 g/mol. The van der Waals surface area contributed by atoms with Crippen LogP contribution in [0.3, 0.4) is 0 Å². The van der Waals surface area contributed by atoms with E-state index in [-0.39, 0.29) is 11.4 Å². The number of amides is 1. The number of nitrogens with one attached hydrogen (secondary N) is 2. The van der Waals surface area contributed by atoms with Gasteiger partial charge in [-0.15, -0.1) is 0 Å². The summed E-state index contributed by atoms with van der Waals surface area (Å²) < 4.78 is 16.1. The van der Waals surface area contributed by atoms with Gasteiger partial charge in [-0.1, -0.05) is 41.9 Å². The summed E-state index contributed by atoms with van der Waals surface area (Å²) in [6.07, 6.45) is 1.41. The van der Waals surface area contributed by atoms with Crippen LogP contribution in [0.5, 0.6) is 17.2 Å². The topological polar surface area (TPSA) is 102 Å². The lowest BCUT2D eigenvalue weighted by Gasteiger charge is -2.08. The number of esters is 1. The fraction of sp³-hybridized carbons (Fsp3) is 0.0645. The molecule has 0 fully saturated rings. The number of hydrazone groups is 1. The highest BCUT2D eigenvalue weighted by Gasteiger charge is 2.21. The fourth-order valence-corrected chi connectivity index (χ4v) is 4.42. The number of aromatic amines is 1. The normalized spacial score (nSPS) is 11.0. The average Bonchev–Trinajstić information content (AvgIpc) is 3.37. The van der Waals surface area contributed by atoms with Crippen LogP contribution in [0.1, 0.15) is 26.4 Å². The minimum atomic E-state index is -0.537. The molecular weight excluding hydrogens is 530 g/mol. The number of hydrogen-bond donors (Lipinski definition) is 2. The number of halogens is 1. The van der Waals surface area contributed by atoms with Crippen molar-refractivity contribution in [3.05, 3.63) is 113 Å². The Morgan fingerprint density at radius 1 is 0.875 bits per heavy atom. The molecule has 1 amide bonds. The number of nitrogens with zero attached hydrogens (tertiary/aromatic N) is 1. The van der Waals surface area contributed by atoms with Crippen LogP contribution in [0.25, 0.3) is 22.0 Å². The number of rotatable bonds is 8. The van der Waals surface area contributed by atoms with Gasteiger partial charge in [-0.05, 0) is 60.7 Å². The quantitative estimate of drug-likeness (QED) is 0.0989. The summed E-state index contributed by atoms with van der Waals surface area (Å²) in [6, 6.07) is 26.2. The molecule has 1 aromatic heterocycles. The molecule has 0 bridgehead atoms. The van der Waals surface area contributed by atoms with E-state index >= 15 is 0 Å². The standard InChI is InChI=1S/C31H24ClN3O5/c1-38-21-13-11-19(12-14-21)31(37)40-27-10-6-3-7-20(27)18-33-35-30(36)29-28(23-8-4-5-9-25(23)32)24-17-22(39-2)15-16-26(24)34-29/h3-18,34H,1-2H3,(H,35,36). The molecule has 0 radical (unpaired) electrons. The highest BCUT2D eigenvalue weighted by molar-refractivity contribution is 6.34. The van der Waals surface area contributed by atoms with E-state index in [9.17, 15) is 9.59 Å². The van der Waals surface area contributed by atoms with E-state index in [0.29, 0.717) is 38.8 Å². The van der Waals surface area contributed by atoms with Crippen molar-refractivity contribution >= 4 is 40.6 Å². The minimum absolute atomic E-state index is 0.285. The van der Waals surface area contributed by atoms with Gasteiger partial charge in [0.2, 0.25) is 0 Å². The number of methoxy groups -OCH3 is 2. The van der Waals surface area contributed by atoms with E-state index in [1.165, 1.54) is 6.21 Å². The van der Waals surface area contributed by atoms with Crippen LogP contribution in [0.4, 0.5) is 0 Å². The largest absolute Gasteiger partial charge is 0.497 e. The Balaban J connectivity index is 1.40. The Bertz CT molecular complexity index is 1730. The molecule has 0 aliphatic carbocycles. The van der Waals surface area contributed by atoms with E-state index in [1.807, 2.05) is 30.3 Å². The Hall–Kier alpha value is -5.08.